The molecule has 112 valence electrons. The molecule has 0 saturated carbocycles. The summed E-state index contributed by atoms with van der Waals surface area (Å²) >= 11 is 6.68. The van der Waals surface area contributed by atoms with Gasteiger partial charge in [0.15, 0.2) is 11.6 Å². The first-order chi connectivity index (χ1) is 10.5. The van der Waals surface area contributed by atoms with Gasteiger partial charge in [-0.3, -0.25) is 9.59 Å². The van der Waals surface area contributed by atoms with Gasteiger partial charge in [0.25, 0.3) is 0 Å². The SMILES string of the molecule is COc1c(Br)ccc2c1C(=O)c1ccc(Br)c(OC)c1C2=O. The monoisotopic (exact) mass is 424 g/mol. The summed E-state index contributed by atoms with van der Waals surface area (Å²) in [6.45, 7) is 0. The van der Waals surface area contributed by atoms with Gasteiger partial charge in [-0.05, 0) is 56.1 Å². The number of hydrogen-bond donors (Lipinski definition) is 0. The van der Waals surface area contributed by atoms with Gasteiger partial charge in [0.05, 0.1) is 34.3 Å². The lowest BCUT2D eigenvalue weighted by Crippen LogP contribution is -2.22. The summed E-state index contributed by atoms with van der Waals surface area (Å²) in [4.78, 5) is 25.7. The van der Waals surface area contributed by atoms with Crippen molar-refractivity contribution < 1.29 is 19.1 Å². The molecule has 0 unspecified atom stereocenters. The molecule has 1 aliphatic carbocycles. The minimum Gasteiger partial charge on any atom is -0.495 e. The van der Waals surface area contributed by atoms with Gasteiger partial charge in [-0.25, -0.2) is 0 Å². The Morgan fingerprint density at radius 1 is 0.727 bits per heavy atom. The van der Waals surface area contributed by atoms with Crippen molar-refractivity contribution in [3.63, 3.8) is 0 Å². The second-order valence-electron chi connectivity index (χ2n) is 4.66. The number of hydrogen-bond acceptors (Lipinski definition) is 4. The van der Waals surface area contributed by atoms with Gasteiger partial charge in [0, 0.05) is 11.1 Å². The Labute approximate surface area is 143 Å². The average Bonchev–Trinajstić information content (AvgIpc) is 2.51. The molecule has 0 radical (unpaired) electrons. The summed E-state index contributed by atoms with van der Waals surface area (Å²) in [6.07, 6.45) is 0. The van der Waals surface area contributed by atoms with Gasteiger partial charge in [-0.1, -0.05) is 0 Å². The fourth-order valence-corrected chi connectivity index (χ4v) is 3.60. The Balaban J connectivity index is 2.37. The zero-order chi connectivity index (χ0) is 16.0. The van der Waals surface area contributed by atoms with Crippen molar-refractivity contribution >= 4 is 43.4 Å². The summed E-state index contributed by atoms with van der Waals surface area (Å²) < 4.78 is 11.8. The molecular weight excluding hydrogens is 416 g/mol. The molecular formula is C16H10Br2O4. The molecule has 4 nitrogen and oxygen atoms in total. The number of rotatable bonds is 2. The van der Waals surface area contributed by atoms with E-state index in [0.717, 1.165) is 0 Å². The van der Waals surface area contributed by atoms with Crippen LogP contribution in [0.1, 0.15) is 31.8 Å². The lowest BCUT2D eigenvalue weighted by molar-refractivity contribution is 0.0973. The van der Waals surface area contributed by atoms with E-state index in [9.17, 15) is 9.59 Å². The Kier molecular flexibility index (Phi) is 3.82. The number of benzene rings is 2. The van der Waals surface area contributed by atoms with Crippen molar-refractivity contribution in [1.29, 1.82) is 0 Å². The molecule has 0 saturated heterocycles. The van der Waals surface area contributed by atoms with E-state index in [2.05, 4.69) is 31.9 Å². The molecule has 0 aromatic heterocycles. The number of ether oxygens (including phenoxy) is 2. The van der Waals surface area contributed by atoms with E-state index in [-0.39, 0.29) is 22.7 Å². The average molecular weight is 426 g/mol. The standard InChI is InChI=1S/C16H10Br2O4/c1-21-15-9(17)5-3-7-11(15)13(19)8-4-6-10(18)16(22-2)12(8)14(7)20/h3-6H,1-2H3. The Morgan fingerprint density at radius 2 is 1.09 bits per heavy atom. The molecule has 3 rings (SSSR count). The van der Waals surface area contributed by atoms with Crippen LogP contribution in [0.3, 0.4) is 0 Å². The van der Waals surface area contributed by atoms with Crippen LogP contribution in [-0.2, 0) is 0 Å². The fraction of sp³-hybridized carbons (Fsp3) is 0.125. The highest BCUT2D eigenvalue weighted by Crippen LogP contribution is 2.42. The van der Waals surface area contributed by atoms with Crippen molar-refractivity contribution in [3.8, 4) is 11.5 Å². The van der Waals surface area contributed by atoms with E-state index in [1.54, 1.807) is 24.3 Å². The van der Waals surface area contributed by atoms with Crippen LogP contribution in [0, 0.1) is 0 Å². The second kappa shape index (κ2) is 5.52. The molecule has 0 N–H and O–H groups in total. The maximum Gasteiger partial charge on any atom is 0.198 e. The quantitative estimate of drug-likeness (QED) is 0.622. The Bertz CT molecular complexity index is 758. The predicted molar refractivity (Wildman–Crippen MR) is 88.3 cm³/mol. The van der Waals surface area contributed by atoms with E-state index < -0.39 is 0 Å². The van der Waals surface area contributed by atoms with Crippen molar-refractivity contribution in [1.82, 2.24) is 0 Å². The lowest BCUT2D eigenvalue weighted by atomic mass is 9.83. The first-order valence-corrected chi connectivity index (χ1v) is 7.92. The third kappa shape index (κ3) is 2.01. The van der Waals surface area contributed by atoms with Crippen LogP contribution in [0.25, 0.3) is 0 Å². The fourth-order valence-electron chi connectivity index (χ4n) is 2.61. The molecule has 2 aromatic carbocycles. The summed E-state index contributed by atoms with van der Waals surface area (Å²) in [6, 6.07) is 6.62. The second-order valence-corrected chi connectivity index (χ2v) is 6.37. The van der Waals surface area contributed by atoms with Crippen molar-refractivity contribution in [2.75, 3.05) is 14.2 Å². The number of fused-ring (bicyclic) bond motifs is 2. The van der Waals surface area contributed by atoms with Crippen LogP contribution in [0.2, 0.25) is 0 Å². The van der Waals surface area contributed by atoms with Gasteiger partial charge in [-0.15, -0.1) is 0 Å². The minimum atomic E-state index is -0.256. The molecule has 0 amide bonds. The van der Waals surface area contributed by atoms with Crippen LogP contribution in [-0.4, -0.2) is 25.8 Å². The first kappa shape index (κ1) is 15.2. The molecule has 22 heavy (non-hydrogen) atoms. The number of carbonyl (C=O) groups is 2. The summed E-state index contributed by atoms with van der Waals surface area (Å²) in [5.41, 5.74) is 1.18. The molecule has 0 fully saturated rings. The van der Waals surface area contributed by atoms with Gasteiger partial charge >= 0.3 is 0 Å². The predicted octanol–water partition coefficient (Wildman–Crippen LogP) is 4.00. The van der Waals surface area contributed by atoms with Crippen LogP contribution < -0.4 is 9.47 Å². The largest absolute Gasteiger partial charge is 0.495 e. The maximum atomic E-state index is 12.8. The van der Waals surface area contributed by atoms with Crippen molar-refractivity contribution in [3.05, 3.63) is 55.5 Å². The molecule has 0 atom stereocenters. The molecule has 1 aliphatic rings. The van der Waals surface area contributed by atoms with E-state index in [0.29, 0.717) is 31.6 Å². The topological polar surface area (TPSA) is 52.6 Å². The zero-order valence-electron chi connectivity index (χ0n) is 11.7. The third-order valence-corrected chi connectivity index (χ3v) is 4.82. The molecule has 0 bridgehead atoms. The van der Waals surface area contributed by atoms with Crippen LogP contribution in [0.15, 0.2) is 33.2 Å². The number of methoxy groups -OCH3 is 2. The maximum absolute atomic E-state index is 12.8. The van der Waals surface area contributed by atoms with Gasteiger partial charge < -0.3 is 9.47 Å². The highest BCUT2D eigenvalue weighted by molar-refractivity contribution is 9.10. The van der Waals surface area contributed by atoms with E-state index in [4.69, 9.17) is 9.47 Å². The third-order valence-electron chi connectivity index (χ3n) is 3.57. The van der Waals surface area contributed by atoms with Crippen LogP contribution in [0.4, 0.5) is 0 Å². The summed E-state index contributed by atoms with van der Waals surface area (Å²) in [5.74, 6) is 0.217. The van der Waals surface area contributed by atoms with Crippen molar-refractivity contribution in [2.24, 2.45) is 0 Å². The zero-order valence-corrected chi connectivity index (χ0v) is 14.9. The van der Waals surface area contributed by atoms with E-state index in [1.165, 1.54) is 14.2 Å². The van der Waals surface area contributed by atoms with Gasteiger partial charge in [-0.2, -0.15) is 0 Å². The number of halogens is 2. The van der Waals surface area contributed by atoms with Gasteiger partial charge in [0.1, 0.15) is 11.5 Å². The molecule has 0 heterocycles. The first-order valence-electron chi connectivity index (χ1n) is 6.33. The lowest BCUT2D eigenvalue weighted by Gasteiger charge is -2.22. The molecule has 2 aromatic rings. The number of ketones is 2. The minimum absolute atomic E-state index is 0.256. The molecule has 0 aliphatic heterocycles. The molecule has 6 heteroatoms. The highest BCUT2D eigenvalue weighted by Gasteiger charge is 2.36. The molecule has 0 spiro atoms. The van der Waals surface area contributed by atoms with E-state index >= 15 is 0 Å². The summed E-state index contributed by atoms with van der Waals surface area (Å²) in [7, 11) is 2.94. The van der Waals surface area contributed by atoms with Gasteiger partial charge in [0.2, 0.25) is 0 Å². The smallest absolute Gasteiger partial charge is 0.198 e. The highest BCUT2D eigenvalue weighted by atomic mass is 79.9. The number of carbonyl (C=O) groups excluding carboxylic acids is 2. The Hall–Kier alpha value is -1.66. The van der Waals surface area contributed by atoms with Crippen LogP contribution >= 0.6 is 31.9 Å². The Morgan fingerprint density at radius 3 is 1.41 bits per heavy atom. The van der Waals surface area contributed by atoms with E-state index in [1.807, 2.05) is 0 Å². The van der Waals surface area contributed by atoms with Crippen molar-refractivity contribution in [2.45, 2.75) is 0 Å². The summed E-state index contributed by atoms with van der Waals surface area (Å²) in [5, 5.41) is 0. The normalized spacial score (nSPS) is 12.7. The van der Waals surface area contributed by atoms with Crippen LogP contribution in [0.5, 0.6) is 11.5 Å².